The summed E-state index contributed by atoms with van der Waals surface area (Å²) in [5.74, 6) is -0.180. The standard InChI is InChI=1S/C20H18BrN3O/c1-13-6-5-7-14(2)19(13)24-20(25)15-10-16(12-22-11-15)23-18-9-4-3-8-17(18)21/h3-12,23H,1-2H3,(H,24,25). The Morgan fingerprint density at radius 2 is 1.72 bits per heavy atom. The van der Waals surface area contributed by atoms with E-state index in [9.17, 15) is 4.79 Å². The highest BCUT2D eigenvalue weighted by Gasteiger charge is 2.11. The average Bonchev–Trinajstić information content (AvgIpc) is 2.60. The number of halogens is 1. The molecule has 0 aliphatic carbocycles. The van der Waals surface area contributed by atoms with Crippen molar-refractivity contribution in [2.45, 2.75) is 13.8 Å². The van der Waals surface area contributed by atoms with Crippen molar-refractivity contribution in [1.82, 2.24) is 4.98 Å². The van der Waals surface area contributed by atoms with Crippen LogP contribution in [0.4, 0.5) is 17.1 Å². The number of para-hydroxylation sites is 2. The van der Waals surface area contributed by atoms with Crippen LogP contribution in [0.25, 0.3) is 0 Å². The van der Waals surface area contributed by atoms with E-state index in [4.69, 9.17) is 0 Å². The molecule has 25 heavy (non-hydrogen) atoms. The van der Waals surface area contributed by atoms with Gasteiger partial charge in [-0.15, -0.1) is 0 Å². The van der Waals surface area contributed by atoms with Crippen LogP contribution in [-0.4, -0.2) is 10.9 Å². The average molecular weight is 396 g/mol. The topological polar surface area (TPSA) is 54.0 Å². The minimum atomic E-state index is -0.180. The van der Waals surface area contributed by atoms with Crippen molar-refractivity contribution in [1.29, 1.82) is 0 Å². The van der Waals surface area contributed by atoms with Gasteiger partial charge in [0.1, 0.15) is 0 Å². The second-order valence-electron chi connectivity index (χ2n) is 5.79. The molecule has 4 nitrogen and oxygen atoms in total. The lowest BCUT2D eigenvalue weighted by molar-refractivity contribution is 0.102. The van der Waals surface area contributed by atoms with E-state index in [0.29, 0.717) is 5.56 Å². The number of amides is 1. The van der Waals surface area contributed by atoms with Crippen LogP contribution in [-0.2, 0) is 0 Å². The van der Waals surface area contributed by atoms with E-state index >= 15 is 0 Å². The molecule has 126 valence electrons. The predicted molar refractivity (Wildman–Crippen MR) is 106 cm³/mol. The van der Waals surface area contributed by atoms with Crippen LogP contribution in [0, 0.1) is 13.8 Å². The van der Waals surface area contributed by atoms with Gasteiger partial charge in [-0.2, -0.15) is 0 Å². The van der Waals surface area contributed by atoms with E-state index in [1.54, 1.807) is 18.5 Å². The fourth-order valence-corrected chi connectivity index (χ4v) is 2.93. The molecule has 0 atom stereocenters. The number of hydrogen-bond acceptors (Lipinski definition) is 3. The molecule has 0 aliphatic heterocycles. The lowest BCUT2D eigenvalue weighted by atomic mass is 10.1. The summed E-state index contributed by atoms with van der Waals surface area (Å²) in [6.45, 7) is 3.96. The Labute approximate surface area is 155 Å². The summed E-state index contributed by atoms with van der Waals surface area (Å²) in [6.07, 6.45) is 3.25. The van der Waals surface area contributed by atoms with Crippen molar-refractivity contribution in [3.63, 3.8) is 0 Å². The number of pyridine rings is 1. The van der Waals surface area contributed by atoms with E-state index in [-0.39, 0.29) is 5.91 Å². The van der Waals surface area contributed by atoms with Gasteiger partial charge in [-0.25, -0.2) is 0 Å². The molecule has 0 saturated heterocycles. The van der Waals surface area contributed by atoms with Gasteiger partial charge in [-0.3, -0.25) is 9.78 Å². The second-order valence-corrected chi connectivity index (χ2v) is 6.64. The largest absolute Gasteiger partial charge is 0.353 e. The number of carbonyl (C=O) groups is 1. The van der Waals surface area contributed by atoms with Gasteiger partial charge in [0, 0.05) is 16.4 Å². The number of rotatable bonds is 4. The predicted octanol–water partition coefficient (Wildman–Crippen LogP) is 5.46. The third kappa shape index (κ3) is 4.06. The number of hydrogen-bond donors (Lipinski definition) is 2. The van der Waals surface area contributed by atoms with Crippen LogP contribution in [0.1, 0.15) is 21.5 Å². The number of aryl methyl sites for hydroxylation is 2. The summed E-state index contributed by atoms with van der Waals surface area (Å²) >= 11 is 3.50. The molecular formula is C20H18BrN3O. The summed E-state index contributed by atoms with van der Waals surface area (Å²) in [5, 5.41) is 6.25. The van der Waals surface area contributed by atoms with Gasteiger partial charge in [0.05, 0.1) is 23.1 Å². The van der Waals surface area contributed by atoms with E-state index in [1.807, 2.05) is 56.3 Å². The Bertz CT molecular complexity index is 904. The maximum absolute atomic E-state index is 12.6. The van der Waals surface area contributed by atoms with Gasteiger partial charge in [-0.1, -0.05) is 30.3 Å². The maximum Gasteiger partial charge on any atom is 0.257 e. The van der Waals surface area contributed by atoms with Crippen LogP contribution < -0.4 is 10.6 Å². The summed E-state index contributed by atoms with van der Waals surface area (Å²) in [4.78, 5) is 16.8. The van der Waals surface area contributed by atoms with Crippen molar-refractivity contribution in [3.05, 3.63) is 82.1 Å². The fourth-order valence-electron chi connectivity index (χ4n) is 2.55. The van der Waals surface area contributed by atoms with Crippen LogP contribution in [0.5, 0.6) is 0 Å². The molecule has 0 bridgehead atoms. The minimum Gasteiger partial charge on any atom is -0.353 e. The zero-order valence-corrected chi connectivity index (χ0v) is 15.6. The number of nitrogens with one attached hydrogen (secondary N) is 2. The van der Waals surface area contributed by atoms with Gasteiger partial charge in [-0.05, 0) is 59.1 Å². The van der Waals surface area contributed by atoms with Crippen LogP contribution in [0.3, 0.4) is 0 Å². The monoisotopic (exact) mass is 395 g/mol. The summed E-state index contributed by atoms with van der Waals surface area (Å²) in [5.41, 5.74) is 5.07. The number of nitrogens with zero attached hydrogens (tertiary/aromatic N) is 1. The Morgan fingerprint density at radius 1 is 1.00 bits per heavy atom. The third-order valence-corrected chi connectivity index (χ3v) is 4.56. The van der Waals surface area contributed by atoms with Gasteiger partial charge in [0.15, 0.2) is 0 Å². The van der Waals surface area contributed by atoms with E-state index in [2.05, 4.69) is 31.5 Å². The van der Waals surface area contributed by atoms with Crippen LogP contribution in [0.15, 0.2) is 65.4 Å². The van der Waals surface area contributed by atoms with Crippen molar-refractivity contribution in [2.75, 3.05) is 10.6 Å². The highest BCUT2D eigenvalue weighted by atomic mass is 79.9. The molecule has 0 aliphatic rings. The van der Waals surface area contributed by atoms with Gasteiger partial charge < -0.3 is 10.6 Å². The molecule has 5 heteroatoms. The molecule has 3 aromatic rings. The lowest BCUT2D eigenvalue weighted by Crippen LogP contribution is -2.14. The summed E-state index contributed by atoms with van der Waals surface area (Å²) < 4.78 is 0.945. The molecule has 0 unspecified atom stereocenters. The molecule has 1 amide bonds. The first-order valence-corrected chi connectivity index (χ1v) is 8.68. The van der Waals surface area contributed by atoms with Gasteiger partial charge >= 0.3 is 0 Å². The fraction of sp³-hybridized carbons (Fsp3) is 0.100. The Balaban J connectivity index is 1.81. The molecule has 2 N–H and O–H groups in total. The van der Waals surface area contributed by atoms with E-state index in [0.717, 1.165) is 32.7 Å². The first-order chi connectivity index (χ1) is 12.0. The smallest absolute Gasteiger partial charge is 0.257 e. The quantitative estimate of drug-likeness (QED) is 0.616. The van der Waals surface area contributed by atoms with Crippen LogP contribution >= 0.6 is 15.9 Å². The normalized spacial score (nSPS) is 10.4. The second kappa shape index (κ2) is 7.49. The summed E-state index contributed by atoms with van der Waals surface area (Å²) in [7, 11) is 0. The summed E-state index contributed by atoms with van der Waals surface area (Å²) in [6, 6.07) is 15.5. The Kier molecular flexibility index (Phi) is 5.14. The highest BCUT2D eigenvalue weighted by Crippen LogP contribution is 2.26. The number of anilines is 3. The zero-order valence-electron chi connectivity index (χ0n) is 14.0. The SMILES string of the molecule is Cc1cccc(C)c1NC(=O)c1cncc(Nc2ccccc2Br)c1. The molecule has 2 aromatic carbocycles. The maximum atomic E-state index is 12.6. The molecule has 0 saturated carbocycles. The molecule has 0 spiro atoms. The van der Waals surface area contributed by atoms with Crippen molar-refractivity contribution in [3.8, 4) is 0 Å². The highest BCUT2D eigenvalue weighted by molar-refractivity contribution is 9.10. The Hall–Kier alpha value is -2.66. The number of benzene rings is 2. The Morgan fingerprint density at radius 3 is 2.44 bits per heavy atom. The molecule has 0 fully saturated rings. The molecule has 1 heterocycles. The lowest BCUT2D eigenvalue weighted by Gasteiger charge is -2.12. The molecular weight excluding hydrogens is 378 g/mol. The van der Waals surface area contributed by atoms with Crippen molar-refractivity contribution in [2.24, 2.45) is 0 Å². The van der Waals surface area contributed by atoms with E-state index in [1.165, 1.54) is 0 Å². The van der Waals surface area contributed by atoms with E-state index < -0.39 is 0 Å². The number of aromatic nitrogens is 1. The molecule has 0 radical (unpaired) electrons. The molecule has 3 rings (SSSR count). The number of carbonyl (C=O) groups excluding carboxylic acids is 1. The van der Waals surface area contributed by atoms with Crippen molar-refractivity contribution >= 4 is 38.9 Å². The van der Waals surface area contributed by atoms with Gasteiger partial charge in [0.2, 0.25) is 0 Å². The zero-order chi connectivity index (χ0) is 17.8. The van der Waals surface area contributed by atoms with Crippen LogP contribution in [0.2, 0.25) is 0 Å². The first-order valence-electron chi connectivity index (χ1n) is 7.89. The van der Waals surface area contributed by atoms with Crippen molar-refractivity contribution < 1.29 is 4.79 Å². The molecule has 1 aromatic heterocycles. The van der Waals surface area contributed by atoms with Gasteiger partial charge in [0.25, 0.3) is 5.91 Å². The minimum absolute atomic E-state index is 0.180. The first kappa shape index (κ1) is 17.2. The third-order valence-electron chi connectivity index (χ3n) is 3.87.